The normalized spacial score (nSPS) is 28.1. The summed E-state index contributed by atoms with van der Waals surface area (Å²) in [4.78, 5) is 0. The lowest BCUT2D eigenvalue weighted by Crippen LogP contribution is -2.27. The van der Waals surface area contributed by atoms with Gasteiger partial charge in [-0.1, -0.05) is 0 Å². The molecule has 1 rings (SSSR count). The van der Waals surface area contributed by atoms with Gasteiger partial charge in [0, 0.05) is 0 Å². The standard InChI is InChI=1S/C4H10N2O2S/c1-4-6-5-2-3-9(4,7)8/h5,7-8H,2-3H2,1H3. The number of nitrogens with one attached hydrogen (secondary N) is 1. The molecule has 0 aromatic carbocycles. The van der Waals surface area contributed by atoms with Crippen LogP contribution < -0.4 is 5.43 Å². The molecule has 0 fully saturated rings. The van der Waals surface area contributed by atoms with E-state index in [0.717, 1.165) is 0 Å². The first-order valence-electron chi connectivity index (χ1n) is 2.66. The minimum atomic E-state index is -2.47. The van der Waals surface area contributed by atoms with Gasteiger partial charge in [0.15, 0.2) is 0 Å². The lowest BCUT2D eigenvalue weighted by molar-refractivity contribution is 0.496. The zero-order chi connectivity index (χ0) is 6.91. The van der Waals surface area contributed by atoms with Crippen LogP contribution >= 0.6 is 10.6 Å². The van der Waals surface area contributed by atoms with E-state index in [9.17, 15) is 0 Å². The Balaban J connectivity index is 2.73. The van der Waals surface area contributed by atoms with Crippen molar-refractivity contribution in [1.29, 1.82) is 0 Å². The average Bonchev–Trinajstić information content (AvgIpc) is 1.77. The monoisotopic (exact) mass is 150 g/mol. The van der Waals surface area contributed by atoms with E-state index < -0.39 is 10.6 Å². The molecule has 0 aliphatic carbocycles. The van der Waals surface area contributed by atoms with Gasteiger partial charge < -0.3 is 5.43 Å². The second-order valence-electron chi connectivity index (χ2n) is 1.91. The maximum atomic E-state index is 9.11. The molecule has 0 saturated carbocycles. The summed E-state index contributed by atoms with van der Waals surface area (Å²) in [7, 11) is -2.47. The van der Waals surface area contributed by atoms with Crippen molar-refractivity contribution in [2.45, 2.75) is 6.92 Å². The minimum absolute atomic E-state index is 0.391. The third-order valence-corrected chi connectivity index (χ3v) is 3.02. The van der Waals surface area contributed by atoms with Crippen LogP contribution in [0.25, 0.3) is 0 Å². The Kier molecular flexibility index (Phi) is 1.65. The minimum Gasteiger partial charge on any atom is -0.307 e. The molecule has 0 saturated heterocycles. The van der Waals surface area contributed by atoms with Crippen molar-refractivity contribution in [3.8, 4) is 0 Å². The van der Waals surface area contributed by atoms with E-state index in [0.29, 0.717) is 17.3 Å². The van der Waals surface area contributed by atoms with E-state index in [2.05, 4.69) is 10.5 Å². The molecule has 0 radical (unpaired) electrons. The fourth-order valence-corrected chi connectivity index (χ4v) is 1.46. The first-order chi connectivity index (χ1) is 4.13. The molecule has 0 spiro atoms. The van der Waals surface area contributed by atoms with Gasteiger partial charge in [-0.2, -0.15) is 15.7 Å². The first-order valence-corrected chi connectivity index (χ1v) is 4.37. The Morgan fingerprint density at radius 3 is 2.67 bits per heavy atom. The number of hydrogen-bond donors (Lipinski definition) is 3. The first kappa shape index (κ1) is 6.85. The van der Waals surface area contributed by atoms with Gasteiger partial charge in [-0.3, -0.25) is 9.11 Å². The highest BCUT2D eigenvalue weighted by Gasteiger charge is 2.18. The predicted molar refractivity (Wildman–Crippen MR) is 38.8 cm³/mol. The zero-order valence-electron chi connectivity index (χ0n) is 5.16. The molecule has 0 aromatic rings. The quantitative estimate of drug-likeness (QED) is 0.475. The topological polar surface area (TPSA) is 64.9 Å². The van der Waals surface area contributed by atoms with Crippen LogP contribution in [0.3, 0.4) is 0 Å². The van der Waals surface area contributed by atoms with Crippen molar-refractivity contribution >= 4 is 15.6 Å². The van der Waals surface area contributed by atoms with Crippen molar-refractivity contribution in [3.63, 3.8) is 0 Å². The second-order valence-corrected chi connectivity index (χ2v) is 4.24. The summed E-state index contributed by atoms with van der Waals surface area (Å²) in [6.45, 7) is 2.17. The summed E-state index contributed by atoms with van der Waals surface area (Å²) in [5, 5.41) is 4.10. The van der Waals surface area contributed by atoms with Crippen LogP contribution in [0.4, 0.5) is 0 Å². The fraction of sp³-hybridized carbons (Fsp3) is 0.750. The van der Waals surface area contributed by atoms with Crippen LogP contribution in [0.1, 0.15) is 6.92 Å². The fourth-order valence-electron chi connectivity index (χ4n) is 0.576. The molecule has 9 heavy (non-hydrogen) atoms. The number of hydrogen-bond acceptors (Lipinski definition) is 4. The lowest BCUT2D eigenvalue weighted by Gasteiger charge is -2.34. The van der Waals surface area contributed by atoms with Crippen LogP contribution in [0.15, 0.2) is 5.10 Å². The lowest BCUT2D eigenvalue weighted by atomic mass is 10.8. The number of nitrogens with zero attached hydrogens (tertiary/aromatic N) is 1. The van der Waals surface area contributed by atoms with Gasteiger partial charge in [-0.05, 0) is 6.92 Å². The van der Waals surface area contributed by atoms with Gasteiger partial charge in [0.1, 0.15) is 5.04 Å². The van der Waals surface area contributed by atoms with Crippen LogP contribution in [0.2, 0.25) is 0 Å². The van der Waals surface area contributed by atoms with E-state index in [1.807, 2.05) is 0 Å². The summed E-state index contributed by atoms with van der Waals surface area (Å²) >= 11 is 0. The number of hydrazone groups is 1. The third-order valence-electron chi connectivity index (χ3n) is 1.21. The van der Waals surface area contributed by atoms with Gasteiger partial charge in [-0.25, -0.2) is 0 Å². The maximum absolute atomic E-state index is 9.11. The molecule has 0 aromatic heterocycles. The highest BCUT2D eigenvalue weighted by atomic mass is 32.3. The maximum Gasteiger partial charge on any atom is 0.140 e. The molecule has 0 unspecified atom stereocenters. The molecule has 5 heteroatoms. The molecule has 1 heterocycles. The van der Waals surface area contributed by atoms with E-state index in [4.69, 9.17) is 9.11 Å². The summed E-state index contributed by atoms with van der Waals surface area (Å²) in [5.74, 6) is 0.391. The van der Waals surface area contributed by atoms with Crippen LogP contribution in [0, 0.1) is 0 Å². The van der Waals surface area contributed by atoms with Crippen molar-refractivity contribution in [2.75, 3.05) is 12.3 Å². The van der Waals surface area contributed by atoms with Crippen molar-refractivity contribution in [3.05, 3.63) is 0 Å². The number of rotatable bonds is 0. The highest BCUT2D eigenvalue weighted by Crippen LogP contribution is 2.40. The molecule has 3 N–H and O–H groups in total. The Hall–Kier alpha value is -0.260. The molecule has 0 amide bonds. The molecule has 1 aliphatic rings. The van der Waals surface area contributed by atoms with Gasteiger partial charge in [0.05, 0.1) is 12.3 Å². The largest absolute Gasteiger partial charge is 0.307 e. The molecule has 1 aliphatic heterocycles. The van der Waals surface area contributed by atoms with Crippen molar-refractivity contribution in [1.82, 2.24) is 5.43 Å². The van der Waals surface area contributed by atoms with Gasteiger partial charge in [0.2, 0.25) is 0 Å². The second kappa shape index (κ2) is 2.17. The van der Waals surface area contributed by atoms with Gasteiger partial charge in [0.25, 0.3) is 0 Å². The average molecular weight is 150 g/mol. The molecular formula is C4H10N2O2S. The Labute approximate surface area is 55.3 Å². The summed E-state index contributed by atoms with van der Waals surface area (Å²) in [6.07, 6.45) is 0. The predicted octanol–water partition coefficient (Wildman–Crippen LogP) is 0.674. The highest BCUT2D eigenvalue weighted by molar-refractivity contribution is 8.36. The molecule has 54 valence electrons. The van der Waals surface area contributed by atoms with E-state index >= 15 is 0 Å². The Morgan fingerprint density at radius 1 is 1.67 bits per heavy atom. The summed E-state index contributed by atoms with van der Waals surface area (Å²) < 4.78 is 18.2. The smallest absolute Gasteiger partial charge is 0.140 e. The van der Waals surface area contributed by atoms with Crippen LogP contribution in [-0.4, -0.2) is 26.4 Å². The summed E-state index contributed by atoms with van der Waals surface area (Å²) in [6, 6.07) is 0. The van der Waals surface area contributed by atoms with Crippen LogP contribution in [0.5, 0.6) is 0 Å². The van der Waals surface area contributed by atoms with Crippen molar-refractivity contribution < 1.29 is 9.11 Å². The molecule has 0 atom stereocenters. The zero-order valence-corrected chi connectivity index (χ0v) is 5.98. The SMILES string of the molecule is CC1=NNCCS1(O)O. The molecular weight excluding hydrogens is 140 g/mol. The summed E-state index contributed by atoms with van der Waals surface area (Å²) in [5.41, 5.74) is 2.68. The molecule has 4 nitrogen and oxygen atoms in total. The third kappa shape index (κ3) is 1.35. The van der Waals surface area contributed by atoms with Crippen LogP contribution in [-0.2, 0) is 0 Å². The Bertz CT molecular complexity index is 146. The van der Waals surface area contributed by atoms with Gasteiger partial charge >= 0.3 is 0 Å². The molecule has 0 bridgehead atoms. The van der Waals surface area contributed by atoms with E-state index in [-0.39, 0.29) is 0 Å². The van der Waals surface area contributed by atoms with Gasteiger partial charge in [-0.15, -0.1) is 0 Å². The van der Waals surface area contributed by atoms with E-state index in [1.54, 1.807) is 6.92 Å². The van der Waals surface area contributed by atoms with E-state index in [1.165, 1.54) is 0 Å². The Morgan fingerprint density at radius 2 is 2.33 bits per heavy atom. The van der Waals surface area contributed by atoms with Crippen molar-refractivity contribution in [2.24, 2.45) is 5.10 Å².